The van der Waals surface area contributed by atoms with Crippen LogP contribution in [0, 0.1) is 22.0 Å². The molecule has 0 saturated carbocycles. The van der Waals surface area contributed by atoms with Gasteiger partial charge in [-0.3, -0.25) is 10.1 Å². The number of nitro benzene ring substituents is 1. The van der Waals surface area contributed by atoms with Gasteiger partial charge in [0.05, 0.1) is 4.92 Å². The van der Waals surface area contributed by atoms with E-state index in [4.69, 9.17) is 10.7 Å². The van der Waals surface area contributed by atoms with E-state index < -0.39 is 19.7 Å². The molecule has 0 spiro atoms. The van der Waals surface area contributed by atoms with Crippen LogP contribution in [-0.2, 0) is 9.05 Å². The fourth-order valence-corrected chi connectivity index (χ4v) is 2.22. The SMILES string of the molecule is C/C=C/C#Cc1c([N+](=O)[O-])cccc1S(=O)(=O)Cl. The zero-order valence-electron chi connectivity index (χ0n) is 9.25. The van der Waals surface area contributed by atoms with Crippen molar-refractivity contribution in [3.8, 4) is 11.8 Å². The first-order valence-electron chi connectivity index (χ1n) is 4.72. The predicted octanol–water partition coefficient (Wildman–Crippen LogP) is 2.45. The Kier molecular flexibility index (Phi) is 4.48. The summed E-state index contributed by atoms with van der Waals surface area (Å²) < 4.78 is 22.6. The lowest BCUT2D eigenvalue weighted by atomic mass is 10.2. The molecule has 5 nitrogen and oxygen atoms in total. The van der Waals surface area contributed by atoms with Crippen molar-refractivity contribution in [1.29, 1.82) is 0 Å². The number of halogens is 1. The molecule has 0 amide bonds. The lowest BCUT2D eigenvalue weighted by molar-refractivity contribution is -0.385. The molecule has 18 heavy (non-hydrogen) atoms. The molecule has 94 valence electrons. The summed E-state index contributed by atoms with van der Waals surface area (Å²) in [4.78, 5) is 9.75. The van der Waals surface area contributed by atoms with Crippen LogP contribution in [0.2, 0.25) is 0 Å². The Bertz CT molecular complexity index is 668. The van der Waals surface area contributed by atoms with Crippen LogP contribution in [0.4, 0.5) is 5.69 Å². The second-order valence-corrected chi connectivity index (χ2v) is 5.65. The summed E-state index contributed by atoms with van der Waals surface area (Å²) in [5, 5.41) is 10.8. The largest absolute Gasteiger partial charge is 0.286 e. The number of nitro groups is 1. The van der Waals surface area contributed by atoms with Gasteiger partial charge in [-0.25, -0.2) is 8.42 Å². The Labute approximate surface area is 109 Å². The third-order valence-electron chi connectivity index (χ3n) is 1.91. The molecule has 0 aliphatic rings. The van der Waals surface area contributed by atoms with E-state index in [0.717, 1.165) is 0 Å². The summed E-state index contributed by atoms with van der Waals surface area (Å²) >= 11 is 0. The van der Waals surface area contributed by atoms with Crippen molar-refractivity contribution in [3.63, 3.8) is 0 Å². The molecule has 0 fully saturated rings. The van der Waals surface area contributed by atoms with Crippen molar-refractivity contribution in [2.45, 2.75) is 11.8 Å². The molecular formula is C11H8ClNO4S. The average molecular weight is 286 g/mol. The Balaban J connectivity index is 3.61. The van der Waals surface area contributed by atoms with E-state index in [-0.39, 0.29) is 10.5 Å². The van der Waals surface area contributed by atoms with E-state index in [1.165, 1.54) is 24.3 Å². The summed E-state index contributed by atoms with van der Waals surface area (Å²) in [5.74, 6) is 4.93. The van der Waals surface area contributed by atoms with E-state index in [2.05, 4.69) is 11.8 Å². The van der Waals surface area contributed by atoms with Crippen molar-refractivity contribution in [1.82, 2.24) is 0 Å². The van der Waals surface area contributed by atoms with Gasteiger partial charge in [0.2, 0.25) is 0 Å². The lowest BCUT2D eigenvalue weighted by Crippen LogP contribution is -2.00. The third kappa shape index (κ3) is 3.32. The molecule has 0 radical (unpaired) electrons. The van der Waals surface area contributed by atoms with E-state index in [0.29, 0.717) is 0 Å². The number of benzene rings is 1. The van der Waals surface area contributed by atoms with Gasteiger partial charge in [0.25, 0.3) is 14.7 Å². The molecule has 0 saturated heterocycles. The van der Waals surface area contributed by atoms with Crippen LogP contribution in [0.5, 0.6) is 0 Å². The topological polar surface area (TPSA) is 77.3 Å². The fourth-order valence-electron chi connectivity index (χ4n) is 1.20. The molecule has 1 aromatic rings. The number of hydrogen-bond donors (Lipinski definition) is 0. The number of rotatable bonds is 2. The van der Waals surface area contributed by atoms with Gasteiger partial charge in [0, 0.05) is 16.7 Å². The summed E-state index contributed by atoms with van der Waals surface area (Å²) in [6.07, 6.45) is 3.07. The van der Waals surface area contributed by atoms with Gasteiger partial charge >= 0.3 is 0 Å². The first-order valence-corrected chi connectivity index (χ1v) is 7.03. The maximum absolute atomic E-state index is 11.3. The minimum Gasteiger partial charge on any atom is -0.258 e. The molecule has 0 unspecified atom stereocenters. The molecule has 0 atom stereocenters. The number of allylic oxidation sites excluding steroid dienone is 2. The Morgan fingerprint density at radius 1 is 1.44 bits per heavy atom. The van der Waals surface area contributed by atoms with Crippen LogP contribution in [-0.4, -0.2) is 13.3 Å². The van der Waals surface area contributed by atoms with Crippen molar-refractivity contribution in [2.75, 3.05) is 0 Å². The van der Waals surface area contributed by atoms with Gasteiger partial charge in [-0.15, -0.1) is 0 Å². The highest BCUT2D eigenvalue weighted by Crippen LogP contribution is 2.27. The average Bonchev–Trinajstić information content (AvgIpc) is 2.27. The van der Waals surface area contributed by atoms with Crippen molar-refractivity contribution in [2.24, 2.45) is 0 Å². The molecule has 1 rings (SSSR count). The molecule has 1 aromatic carbocycles. The van der Waals surface area contributed by atoms with E-state index in [9.17, 15) is 18.5 Å². The van der Waals surface area contributed by atoms with E-state index in [1.54, 1.807) is 13.0 Å². The van der Waals surface area contributed by atoms with E-state index in [1.807, 2.05) is 0 Å². The number of hydrogen-bond acceptors (Lipinski definition) is 4. The van der Waals surface area contributed by atoms with E-state index >= 15 is 0 Å². The summed E-state index contributed by atoms with van der Waals surface area (Å²) in [7, 11) is 1.13. The smallest absolute Gasteiger partial charge is 0.258 e. The third-order valence-corrected chi connectivity index (χ3v) is 3.28. The minimum absolute atomic E-state index is 0.212. The van der Waals surface area contributed by atoms with Gasteiger partial charge in [0.1, 0.15) is 10.5 Å². The summed E-state index contributed by atoms with van der Waals surface area (Å²) in [6, 6.07) is 3.59. The molecule has 0 heterocycles. The van der Waals surface area contributed by atoms with Crippen LogP contribution in [0.1, 0.15) is 12.5 Å². The molecule has 0 aliphatic carbocycles. The fraction of sp³-hybridized carbons (Fsp3) is 0.0909. The van der Waals surface area contributed by atoms with Crippen molar-refractivity contribution in [3.05, 3.63) is 46.0 Å². The quantitative estimate of drug-likeness (QED) is 0.362. The standard InChI is InChI=1S/C11H8ClNO4S/c1-2-3-4-6-9-10(13(14)15)7-5-8-11(9)18(12,16)17/h2-3,5,7-8H,1H3/b3-2+. The zero-order chi connectivity index (χ0) is 13.8. The zero-order valence-corrected chi connectivity index (χ0v) is 10.8. The van der Waals surface area contributed by atoms with Gasteiger partial charge in [0.15, 0.2) is 0 Å². The van der Waals surface area contributed by atoms with Gasteiger partial charge in [-0.1, -0.05) is 24.0 Å². The highest BCUT2D eigenvalue weighted by molar-refractivity contribution is 8.13. The van der Waals surface area contributed by atoms with Crippen LogP contribution >= 0.6 is 10.7 Å². The summed E-state index contributed by atoms with van der Waals surface area (Å²) in [6.45, 7) is 1.72. The van der Waals surface area contributed by atoms with Crippen molar-refractivity contribution >= 4 is 25.4 Å². The normalized spacial score (nSPS) is 11.0. The highest BCUT2D eigenvalue weighted by atomic mass is 35.7. The van der Waals surface area contributed by atoms with Crippen LogP contribution in [0.3, 0.4) is 0 Å². The van der Waals surface area contributed by atoms with Crippen LogP contribution < -0.4 is 0 Å². The Morgan fingerprint density at radius 3 is 2.61 bits per heavy atom. The number of nitrogens with zero attached hydrogens (tertiary/aromatic N) is 1. The maximum Gasteiger partial charge on any atom is 0.286 e. The first kappa shape index (κ1) is 14.2. The first-order chi connectivity index (χ1) is 8.38. The second-order valence-electron chi connectivity index (χ2n) is 3.11. The minimum atomic E-state index is -4.09. The molecule has 0 aliphatic heterocycles. The molecular weight excluding hydrogens is 278 g/mol. The summed E-state index contributed by atoms with van der Waals surface area (Å²) in [5.41, 5.74) is -0.607. The molecule has 0 aromatic heterocycles. The predicted molar refractivity (Wildman–Crippen MR) is 67.8 cm³/mol. The Morgan fingerprint density at radius 2 is 2.11 bits per heavy atom. The van der Waals surface area contributed by atoms with Crippen LogP contribution in [0.15, 0.2) is 35.2 Å². The monoisotopic (exact) mass is 285 g/mol. The van der Waals surface area contributed by atoms with Gasteiger partial charge < -0.3 is 0 Å². The maximum atomic E-state index is 11.3. The van der Waals surface area contributed by atoms with Gasteiger partial charge in [-0.2, -0.15) is 0 Å². The Hall–Kier alpha value is -1.84. The molecule has 0 bridgehead atoms. The molecule has 0 N–H and O–H groups in total. The molecule has 7 heteroatoms. The highest BCUT2D eigenvalue weighted by Gasteiger charge is 2.22. The van der Waals surface area contributed by atoms with Crippen molar-refractivity contribution < 1.29 is 13.3 Å². The lowest BCUT2D eigenvalue weighted by Gasteiger charge is -2.01. The second kappa shape index (κ2) is 5.67. The van der Waals surface area contributed by atoms with Gasteiger partial charge in [-0.05, 0) is 19.1 Å². The van der Waals surface area contributed by atoms with Crippen LogP contribution in [0.25, 0.3) is 0 Å².